The number of fused-ring (bicyclic) bond motifs is 1. The van der Waals surface area contributed by atoms with Gasteiger partial charge in [-0.2, -0.15) is 0 Å². The zero-order chi connectivity index (χ0) is 22.7. The van der Waals surface area contributed by atoms with Crippen molar-refractivity contribution < 1.29 is 9.59 Å². The van der Waals surface area contributed by atoms with Gasteiger partial charge in [-0.25, -0.2) is 9.97 Å². The fourth-order valence-electron chi connectivity index (χ4n) is 5.48. The van der Waals surface area contributed by atoms with Crippen molar-refractivity contribution >= 4 is 17.6 Å². The standard InChI is InChI=1S/C24H38N6O2/c1-17(31)30-13-11-21-20(15-30)24(25-2)27-23(26-21)18-8-7-12-29(14-18)16-22(32)28(3)19-9-5-4-6-10-19/h18-19H,4-16H2,1-3H3,(H,25,26,27)/t18-/m0/s1. The average molecular weight is 443 g/mol. The van der Waals surface area contributed by atoms with Crippen LogP contribution in [0.1, 0.15) is 74.9 Å². The zero-order valence-corrected chi connectivity index (χ0v) is 19.9. The van der Waals surface area contributed by atoms with Crippen LogP contribution in [0.2, 0.25) is 0 Å². The van der Waals surface area contributed by atoms with Gasteiger partial charge in [-0.05, 0) is 32.2 Å². The Morgan fingerprint density at radius 1 is 1.09 bits per heavy atom. The van der Waals surface area contributed by atoms with E-state index in [4.69, 9.17) is 9.97 Å². The molecule has 0 bridgehead atoms. The molecule has 1 aliphatic carbocycles. The number of hydrogen-bond acceptors (Lipinski definition) is 6. The van der Waals surface area contributed by atoms with Crippen LogP contribution in [0.3, 0.4) is 0 Å². The molecule has 2 aliphatic heterocycles. The second-order valence-electron chi connectivity index (χ2n) is 9.67. The van der Waals surface area contributed by atoms with Crippen molar-refractivity contribution in [2.45, 2.75) is 76.8 Å². The van der Waals surface area contributed by atoms with Gasteiger partial charge in [-0.1, -0.05) is 19.3 Å². The quantitative estimate of drug-likeness (QED) is 0.754. The van der Waals surface area contributed by atoms with Crippen LogP contribution < -0.4 is 5.32 Å². The summed E-state index contributed by atoms with van der Waals surface area (Å²) in [5.41, 5.74) is 2.09. The summed E-state index contributed by atoms with van der Waals surface area (Å²) in [6, 6.07) is 0.411. The maximum absolute atomic E-state index is 12.9. The van der Waals surface area contributed by atoms with Gasteiger partial charge in [0.1, 0.15) is 11.6 Å². The molecule has 0 spiro atoms. The molecule has 1 atom stereocenters. The highest BCUT2D eigenvalue weighted by Gasteiger charge is 2.30. The lowest BCUT2D eigenvalue weighted by Gasteiger charge is -2.36. The summed E-state index contributed by atoms with van der Waals surface area (Å²) in [6.45, 7) is 5.16. The summed E-state index contributed by atoms with van der Waals surface area (Å²) in [6.07, 6.45) is 8.92. The first-order valence-corrected chi connectivity index (χ1v) is 12.3. The van der Waals surface area contributed by atoms with Crippen LogP contribution in [-0.2, 0) is 22.6 Å². The SMILES string of the molecule is CNc1nc([C@H]2CCCN(CC(=O)N(C)C3CCCCC3)C2)nc2c1CN(C(C)=O)CC2. The van der Waals surface area contributed by atoms with Crippen LogP contribution in [-0.4, -0.2) is 82.8 Å². The highest BCUT2D eigenvalue weighted by atomic mass is 16.2. The summed E-state index contributed by atoms with van der Waals surface area (Å²) in [4.78, 5) is 40.7. The van der Waals surface area contributed by atoms with Crippen molar-refractivity contribution in [2.24, 2.45) is 0 Å². The van der Waals surface area contributed by atoms with Crippen molar-refractivity contribution in [1.82, 2.24) is 24.7 Å². The number of anilines is 1. The summed E-state index contributed by atoms with van der Waals surface area (Å²) in [5, 5.41) is 3.23. The molecule has 3 aliphatic rings. The number of amides is 2. The molecule has 4 rings (SSSR count). The van der Waals surface area contributed by atoms with Gasteiger partial charge in [0.25, 0.3) is 0 Å². The van der Waals surface area contributed by atoms with E-state index in [1.165, 1.54) is 19.3 Å². The van der Waals surface area contributed by atoms with Crippen LogP contribution in [0.5, 0.6) is 0 Å². The lowest BCUT2D eigenvalue weighted by Crippen LogP contribution is -2.46. The van der Waals surface area contributed by atoms with Crippen molar-refractivity contribution in [3.8, 4) is 0 Å². The van der Waals surface area contributed by atoms with E-state index in [9.17, 15) is 9.59 Å². The van der Waals surface area contributed by atoms with Crippen LogP contribution in [0.25, 0.3) is 0 Å². The van der Waals surface area contributed by atoms with Crippen molar-refractivity contribution in [3.63, 3.8) is 0 Å². The first-order chi connectivity index (χ1) is 15.5. The molecular formula is C24H38N6O2. The van der Waals surface area contributed by atoms with Gasteiger partial charge in [-0.3, -0.25) is 14.5 Å². The second-order valence-corrected chi connectivity index (χ2v) is 9.67. The van der Waals surface area contributed by atoms with Gasteiger partial charge < -0.3 is 15.1 Å². The van der Waals surface area contributed by atoms with Gasteiger partial charge >= 0.3 is 0 Å². The minimum Gasteiger partial charge on any atom is -0.373 e. The Bertz CT molecular complexity index is 821. The predicted molar refractivity (Wildman–Crippen MR) is 124 cm³/mol. The molecular weight excluding hydrogens is 404 g/mol. The number of likely N-dealkylation sites (N-methyl/N-ethyl adjacent to an activating group) is 1. The smallest absolute Gasteiger partial charge is 0.236 e. The lowest BCUT2D eigenvalue weighted by molar-refractivity contribution is -0.134. The highest BCUT2D eigenvalue weighted by Crippen LogP contribution is 2.30. The minimum absolute atomic E-state index is 0.0903. The topological polar surface area (TPSA) is 81.7 Å². The van der Waals surface area contributed by atoms with Crippen molar-refractivity contribution in [3.05, 3.63) is 17.1 Å². The maximum Gasteiger partial charge on any atom is 0.236 e. The van der Waals surface area contributed by atoms with E-state index in [0.717, 1.165) is 68.1 Å². The fraction of sp³-hybridized carbons (Fsp3) is 0.750. The molecule has 1 N–H and O–H groups in total. The second kappa shape index (κ2) is 10.1. The Kier molecular flexibility index (Phi) is 7.28. The lowest BCUT2D eigenvalue weighted by atomic mass is 9.94. The number of rotatable bonds is 5. The third kappa shape index (κ3) is 5.05. The van der Waals surface area contributed by atoms with E-state index in [-0.39, 0.29) is 17.7 Å². The van der Waals surface area contributed by atoms with Gasteiger partial charge in [-0.15, -0.1) is 0 Å². The Morgan fingerprint density at radius 2 is 1.88 bits per heavy atom. The summed E-state index contributed by atoms with van der Waals surface area (Å²) < 4.78 is 0. The Hall–Kier alpha value is -2.22. The number of piperidine rings is 1. The van der Waals surface area contributed by atoms with E-state index >= 15 is 0 Å². The molecule has 0 aromatic carbocycles. The zero-order valence-electron chi connectivity index (χ0n) is 19.9. The maximum atomic E-state index is 12.9. The van der Waals surface area contributed by atoms with Crippen LogP contribution in [0, 0.1) is 0 Å². The minimum atomic E-state index is 0.0903. The summed E-state index contributed by atoms with van der Waals surface area (Å²) in [5.74, 6) is 2.28. The van der Waals surface area contributed by atoms with E-state index in [2.05, 4.69) is 10.2 Å². The van der Waals surface area contributed by atoms with Crippen LogP contribution in [0.4, 0.5) is 5.82 Å². The van der Waals surface area contributed by atoms with E-state index < -0.39 is 0 Å². The van der Waals surface area contributed by atoms with Crippen LogP contribution >= 0.6 is 0 Å². The molecule has 8 heteroatoms. The Balaban J connectivity index is 1.43. The first kappa shape index (κ1) is 23.0. The predicted octanol–water partition coefficient (Wildman–Crippen LogP) is 2.39. The molecule has 0 unspecified atom stereocenters. The number of hydrogen-bond donors (Lipinski definition) is 1. The third-order valence-electron chi connectivity index (χ3n) is 7.51. The molecule has 1 saturated heterocycles. The summed E-state index contributed by atoms with van der Waals surface area (Å²) in [7, 11) is 3.86. The molecule has 32 heavy (non-hydrogen) atoms. The van der Waals surface area contributed by atoms with Gasteiger partial charge in [0.15, 0.2) is 0 Å². The molecule has 1 aromatic rings. The molecule has 1 aromatic heterocycles. The monoisotopic (exact) mass is 442 g/mol. The highest BCUT2D eigenvalue weighted by molar-refractivity contribution is 5.78. The average Bonchev–Trinajstić information content (AvgIpc) is 2.83. The fourth-order valence-corrected chi connectivity index (χ4v) is 5.48. The van der Waals surface area contributed by atoms with Gasteiger partial charge in [0.2, 0.25) is 11.8 Å². The number of nitrogens with zero attached hydrogens (tertiary/aromatic N) is 5. The first-order valence-electron chi connectivity index (χ1n) is 12.3. The number of aromatic nitrogens is 2. The number of carbonyl (C=O) groups is 2. The van der Waals surface area contributed by atoms with Gasteiger partial charge in [0, 0.05) is 58.1 Å². The number of nitrogens with one attached hydrogen (secondary N) is 1. The van der Waals surface area contributed by atoms with Crippen molar-refractivity contribution in [1.29, 1.82) is 0 Å². The summed E-state index contributed by atoms with van der Waals surface area (Å²) >= 11 is 0. The molecule has 2 fully saturated rings. The van der Waals surface area contributed by atoms with Crippen molar-refractivity contribution in [2.75, 3.05) is 45.6 Å². The number of likely N-dealkylation sites (tertiary alicyclic amines) is 1. The molecule has 3 heterocycles. The molecule has 176 valence electrons. The number of carbonyl (C=O) groups excluding carboxylic acids is 2. The van der Waals surface area contributed by atoms with Gasteiger partial charge in [0.05, 0.1) is 18.8 Å². The largest absolute Gasteiger partial charge is 0.373 e. The van der Waals surface area contributed by atoms with E-state index in [0.29, 0.717) is 25.7 Å². The Morgan fingerprint density at radius 3 is 2.59 bits per heavy atom. The molecule has 2 amide bonds. The van der Waals surface area contributed by atoms with E-state index in [1.807, 2.05) is 23.9 Å². The Labute approximate surface area is 191 Å². The molecule has 0 radical (unpaired) electrons. The molecule has 8 nitrogen and oxygen atoms in total. The van der Waals surface area contributed by atoms with E-state index in [1.54, 1.807) is 6.92 Å². The van der Waals surface area contributed by atoms with Crippen LogP contribution in [0.15, 0.2) is 0 Å². The third-order valence-corrected chi connectivity index (χ3v) is 7.51. The normalized spacial score (nSPS) is 22.3. The molecule has 1 saturated carbocycles.